The Balaban J connectivity index is 2.13. The third kappa shape index (κ3) is 3.53. The van der Waals surface area contributed by atoms with E-state index in [2.05, 4.69) is 17.2 Å². The Labute approximate surface area is 126 Å². The molecule has 1 heterocycles. The van der Waals surface area contributed by atoms with Gasteiger partial charge in [-0.05, 0) is 50.7 Å². The lowest BCUT2D eigenvalue weighted by Gasteiger charge is -2.37. The van der Waals surface area contributed by atoms with Gasteiger partial charge in [0.2, 0.25) is 11.8 Å². The van der Waals surface area contributed by atoms with Crippen LogP contribution in [0.5, 0.6) is 5.88 Å². The maximum atomic E-state index is 12.7. The minimum atomic E-state index is -0.453. The van der Waals surface area contributed by atoms with Crippen molar-refractivity contribution in [2.75, 3.05) is 18.5 Å². The Morgan fingerprint density at radius 2 is 2.24 bits per heavy atom. The van der Waals surface area contributed by atoms with Crippen molar-refractivity contribution in [3.05, 3.63) is 18.3 Å². The maximum Gasteiger partial charge on any atom is 0.237 e. The van der Waals surface area contributed by atoms with Gasteiger partial charge in [0.05, 0.1) is 12.0 Å². The van der Waals surface area contributed by atoms with E-state index in [4.69, 9.17) is 10.5 Å². The number of hydrogen-bond donors (Lipinski definition) is 2. The van der Waals surface area contributed by atoms with Crippen LogP contribution < -0.4 is 15.8 Å². The summed E-state index contributed by atoms with van der Waals surface area (Å²) in [5.41, 5.74) is 6.10. The number of anilines is 1. The Morgan fingerprint density at radius 1 is 1.52 bits per heavy atom. The van der Waals surface area contributed by atoms with E-state index in [0.717, 1.165) is 25.7 Å². The van der Waals surface area contributed by atoms with Crippen LogP contribution in [-0.4, -0.2) is 24.0 Å². The van der Waals surface area contributed by atoms with Crippen LogP contribution in [0.3, 0.4) is 0 Å². The highest BCUT2D eigenvalue weighted by atomic mass is 16.5. The van der Waals surface area contributed by atoms with Gasteiger partial charge >= 0.3 is 0 Å². The van der Waals surface area contributed by atoms with Gasteiger partial charge in [0.15, 0.2) is 0 Å². The molecule has 0 aromatic carbocycles. The van der Waals surface area contributed by atoms with E-state index in [1.54, 1.807) is 12.3 Å². The molecule has 0 saturated heterocycles. The van der Waals surface area contributed by atoms with Gasteiger partial charge in [-0.1, -0.05) is 6.92 Å². The Hall–Kier alpha value is -1.62. The summed E-state index contributed by atoms with van der Waals surface area (Å²) in [6, 6.07) is 3.60. The second kappa shape index (κ2) is 6.89. The first kappa shape index (κ1) is 15.8. The van der Waals surface area contributed by atoms with E-state index in [-0.39, 0.29) is 5.91 Å². The summed E-state index contributed by atoms with van der Waals surface area (Å²) in [5.74, 6) is 1.13. The lowest BCUT2D eigenvalue weighted by atomic mass is 9.70. The monoisotopic (exact) mass is 291 g/mol. The van der Waals surface area contributed by atoms with Crippen molar-refractivity contribution in [3.63, 3.8) is 0 Å². The minimum absolute atomic E-state index is 0.00847. The van der Waals surface area contributed by atoms with Gasteiger partial charge in [-0.2, -0.15) is 0 Å². The van der Waals surface area contributed by atoms with Gasteiger partial charge in [0.1, 0.15) is 5.69 Å². The van der Waals surface area contributed by atoms with Crippen molar-refractivity contribution in [2.45, 2.75) is 39.5 Å². The SMILES string of the molecule is CCOc1ncccc1NC(=O)C1(CN)CCC(C)CC1. The molecule has 2 rings (SSSR count). The third-order valence-corrected chi connectivity index (χ3v) is 4.40. The van der Waals surface area contributed by atoms with E-state index in [1.165, 1.54) is 0 Å². The zero-order valence-corrected chi connectivity index (χ0v) is 12.9. The number of amides is 1. The van der Waals surface area contributed by atoms with Crippen LogP contribution in [0, 0.1) is 11.3 Å². The van der Waals surface area contributed by atoms with Gasteiger partial charge in [-0.3, -0.25) is 4.79 Å². The first-order valence-corrected chi connectivity index (χ1v) is 7.70. The van der Waals surface area contributed by atoms with E-state index >= 15 is 0 Å². The molecular weight excluding hydrogens is 266 g/mol. The topological polar surface area (TPSA) is 77.2 Å². The third-order valence-electron chi connectivity index (χ3n) is 4.40. The Morgan fingerprint density at radius 3 is 2.86 bits per heavy atom. The molecule has 1 fully saturated rings. The van der Waals surface area contributed by atoms with Crippen molar-refractivity contribution in [3.8, 4) is 5.88 Å². The second-order valence-electron chi connectivity index (χ2n) is 5.91. The van der Waals surface area contributed by atoms with Gasteiger partial charge < -0.3 is 15.8 Å². The number of rotatable bonds is 5. The van der Waals surface area contributed by atoms with Crippen LogP contribution in [0.1, 0.15) is 39.5 Å². The minimum Gasteiger partial charge on any atom is -0.476 e. The smallest absolute Gasteiger partial charge is 0.237 e. The average Bonchev–Trinajstić information content (AvgIpc) is 2.50. The highest BCUT2D eigenvalue weighted by molar-refractivity contribution is 5.96. The molecule has 5 heteroatoms. The van der Waals surface area contributed by atoms with E-state index in [9.17, 15) is 4.79 Å². The normalized spacial score (nSPS) is 25.4. The predicted octanol–water partition coefficient (Wildman–Crippen LogP) is 2.57. The number of carbonyl (C=O) groups excluding carboxylic acids is 1. The highest BCUT2D eigenvalue weighted by Crippen LogP contribution is 2.39. The van der Waals surface area contributed by atoms with Crippen LogP contribution in [0.15, 0.2) is 18.3 Å². The summed E-state index contributed by atoms with van der Waals surface area (Å²) in [6.45, 7) is 5.02. The lowest BCUT2D eigenvalue weighted by molar-refractivity contribution is -0.127. The summed E-state index contributed by atoms with van der Waals surface area (Å²) in [5, 5.41) is 2.97. The molecule has 5 nitrogen and oxygen atoms in total. The van der Waals surface area contributed by atoms with Crippen molar-refractivity contribution < 1.29 is 9.53 Å². The number of carbonyl (C=O) groups is 1. The number of hydrogen-bond acceptors (Lipinski definition) is 4. The molecule has 1 aliphatic rings. The highest BCUT2D eigenvalue weighted by Gasteiger charge is 2.40. The predicted molar refractivity (Wildman–Crippen MR) is 83.2 cm³/mol. The molecule has 1 saturated carbocycles. The maximum absolute atomic E-state index is 12.7. The molecule has 21 heavy (non-hydrogen) atoms. The quantitative estimate of drug-likeness (QED) is 0.874. The molecule has 1 amide bonds. The van der Waals surface area contributed by atoms with Crippen LogP contribution in [0.4, 0.5) is 5.69 Å². The number of aromatic nitrogens is 1. The van der Waals surface area contributed by atoms with Crippen LogP contribution >= 0.6 is 0 Å². The molecular formula is C16H25N3O2. The van der Waals surface area contributed by atoms with Gasteiger partial charge in [0, 0.05) is 12.7 Å². The van der Waals surface area contributed by atoms with Gasteiger partial charge in [-0.25, -0.2) is 4.98 Å². The molecule has 116 valence electrons. The Kier molecular flexibility index (Phi) is 5.17. The first-order valence-electron chi connectivity index (χ1n) is 7.70. The van der Waals surface area contributed by atoms with Crippen LogP contribution in [0.25, 0.3) is 0 Å². The summed E-state index contributed by atoms with van der Waals surface area (Å²) in [7, 11) is 0. The van der Waals surface area contributed by atoms with Crippen LogP contribution in [0.2, 0.25) is 0 Å². The fourth-order valence-corrected chi connectivity index (χ4v) is 2.83. The summed E-state index contributed by atoms with van der Waals surface area (Å²) in [6.07, 6.45) is 5.45. The summed E-state index contributed by atoms with van der Waals surface area (Å²) >= 11 is 0. The zero-order chi connectivity index (χ0) is 15.3. The number of nitrogens with two attached hydrogens (primary N) is 1. The fraction of sp³-hybridized carbons (Fsp3) is 0.625. The number of pyridine rings is 1. The molecule has 0 unspecified atom stereocenters. The second-order valence-corrected chi connectivity index (χ2v) is 5.91. The Bertz CT molecular complexity index is 482. The standard InChI is InChI=1S/C16H25N3O2/c1-3-21-14-13(5-4-10-18-14)19-15(20)16(11-17)8-6-12(2)7-9-16/h4-5,10,12H,3,6-9,11,17H2,1-2H3,(H,19,20). The molecule has 0 aliphatic heterocycles. The average molecular weight is 291 g/mol. The number of nitrogens with zero attached hydrogens (tertiary/aromatic N) is 1. The molecule has 1 aliphatic carbocycles. The number of ether oxygens (including phenoxy) is 1. The van der Waals surface area contributed by atoms with Crippen molar-refractivity contribution >= 4 is 11.6 Å². The first-order chi connectivity index (χ1) is 10.1. The molecule has 0 atom stereocenters. The van der Waals surface area contributed by atoms with Gasteiger partial charge in [-0.15, -0.1) is 0 Å². The molecule has 0 radical (unpaired) electrons. The zero-order valence-electron chi connectivity index (χ0n) is 12.9. The lowest BCUT2D eigenvalue weighted by Crippen LogP contribution is -2.44. The largest absolute Gasteiger partial charge is 0.476 e. The molecule has 3 N–H and O–H groups in total. The molecule has 1 aromatic heterocycles. The molecule has 0 spiro atoms. The van der Waals surface area contributed by atoms with Crippen LogP contribution in [-0.2, 0) is 4.79 Å². The summed E-state index contributed by atoms with van der Waals surface area (Å²) < 4.78 is 5.45. The van der Waals surface area contributed by atoms with Crippen molar-refractivity contribution in [2.24, 2.45) is 17.1 Å². The van der Waals surface area contributed by atoms with Crippen molar-refractivity contribution in [1.29, 1.82) is 0 Å². The van der Waals surface area contributed by atoms with E-state index in [1.807, 2.05) is 13.0 Å². The van der Waals surface area contributed by atoms with Gasteiger partial charge in [0.25, 0.3) is 0 Å². The summed E-state index contributed by atoms with van der Waals surface area (Å²) in [4.78, 5) is 16.9. The van der Waals surface area contributed by atoms with Crippen molar-refractivity contribution in [1.82, 2.24) is 4.98 Å². The molecule has 1 aromatic rings. The number of nitrogens with one attached hydrogen (secondary N) is 1. The fourth-order valence-electron chi connectivity index (χ4n) is 2.83. The molecule has 0 bridgehead atoms. The van der Waals surface area contributed by atoms with E-state index in [0.29, 0.717) is 30.6 Å². The van der Waals surface area contributed by atoms with E-state index < -0.39 is 5.41 Å².